The molecule has 1 fully saturated rings. The number of hydrogen-bond acceptors (Lipinski definition) is 4. The summed E-state index contributed by atoms with van der Waals surface area (Å²) in [5.41, 5.74) is 1.30. The lowest BCUT2D eigenvalue weighted by atomic mass is 9.95. The Hall–Kier alpha value is -3.16. The molecular formula is C27H25ClFN3O2S. The lowest BCUT2D eigenvalue weighted by Gasteiger charge is -2.23. The highest BCUT2D eigenvalue weighted by atomic mass is 35.5. The van der Waals surface area contributed by atoms with Gasteiger partial charge in [0.2, 0.25) is 0 Å². The molecule has 0 atom stereocenters. The van der Waals surface area contributed by atoms with Crippen molar-refractivity contribution in [3.63, 3.8) is 0 Å². The van der Waals surface area contributed by atoms with Gasteiger partial charge in [0.25, 0.3) is 10.0 Å². The molecule has 1 aliphatic carbocycles. The average Bonchev–Trinajstić information content (AvgIpc) is 2.85. The Kier molecular flexibility index (Phi) is 6.62. The van der Waals surface area contributed by atoms with Crippen LogP contribution in [0.2, 0.25) is 5.02 Å². The van der Waals surface area contributed by atoms with Crippen LogP contribution in [0.25, 0.3) is 21.9 Å². The molecule has 4 aromatic rings. The van der Waals surface area contributed by atoms with Gasteiger partial charge in [-0.2, -0.15) is 0 Å². The standard InChI is InChI=1S/C27H25ClFN3O2S/c28-23-8-4-5-9-26(23)35(33,34)32-25-13-12-19(15-24(25)29)18-10-11-20-16-27(30-17-21(20)14-18)31-22-6-2-1-3-7-22/h4-5,8-17,22,32H,1-3,6-7H2,(H,30,31). The number of anilines is 2. The van der Waals surface area contributed by atoms with Crippen molar-refractivity contribution < 1.29 is 12.8 Å². The number of aromatic nitrogens is 1. The Labute approximate surface area is 209 Å². The van der Waals surface area contributed by atoms with Gasteiger partial charge in [0, 0.05) is 17.6 Å². The summed E-state index contributed by atoms with van der Waals surface area (Å²) in [5, 5.41) is 5.60. The summed E-state index contributed by atoms with van der Waals surface area (Å²) in [4.78, 5) is 4.46. The molecule has 1 aliphatic rings. The Morgan fingerprint density at radius 2 is 1.63 bits per heavy atom. The number of pyridine rings is 1. The molecule has 1 aromatic heterocycles. The van der Waals surface area contributed by atoms with Gasteiger partial charge in [-0.15, -0.1) is 0 Å². The summed E-state index contributed by atoms with van der Waals surface area (Å²) in [5.74, 6) is 0.196. The summed E-state index contributed by atoms with van der Waals surface area (Å²) in [7, 11) is -4.02. The molecule has 0 saturated heterocycles. The van der Waals surface area contributed by atoms with Gasteiger partial charge in [0.1, 0.15) is 16.5 Å². The van der Waals surface area contributed by atoms with E-state index in [9.17, 15) is 12.8 Å². The highest BCUT2D eigenvalue weighted by molar-refractivity contribution is 7.92. The minimum atomic E-state index is -4.02. The molecule has 180 valence electrons. The molecule has 1 saturated carbocycles. The predicted octanol–water partition coefficient (Wildman–Crippen LogP) is 7.24. The molecule has 0 unspecified atom stereocenters. The number of nitrogens with zero attached hydrogens (tertiary/aromatic N) is 1. The molecule has 35 heavy (non-hydrogen) atoms. The second-order valence-corrected chi connectivity index (χ2v) is 10.9. The van der Waals surface area contributed by atoms with Crippen molar-refractivity contribution in [1.82, 2.24) is 4.98 Å². The van der Waals surface area contributed by atoms with Gasteiger partial charge in [0.05, 0.1) is 10.7 Å². The van der Waals surface area contributed by atoms with E-state index in [4.69, 9.17) is 11.6 Å². The fourth-order valence-corrected chi connectivity index (χ4v) is 6.08. The second-order valence-electron chi connectivity index (χ2n) is 8.84. The quantitative estimate of drug-likeness (QED) is 0.287. The molecule has 3 aromatic carbocycles. The summed E-state index contributed by atoms with van der Waals surface area (Å²) < 4.78 is 42.5. The smallest absolute Gasteiger partial charge is 0.263 e. The van der Waals surface area contributed by atoms with Gasteiger partial charge in [-0.05, 0) is 65.8 Å². The number of hydrogen-bond donors (Lipinski definition) is 2. The molecule has 0 aliphatic heterocycles. The van der Waals surface area contributed by atoms with Gasteiger partial charge >= 0.3 is 0 Å². The summed E-state index contributed by atoms with van der Waals surface area (Å²) >= 11 is 6.00. The van der Waals surface area contributed by atoms with Gasteiger partial charge in [-0.1, -0.05) is 61.2 Å². The van der Waals surface area contributed by atoms with E-state index < -0.39 is 15.8 Å². The molecule has 8 heteroatoms. The van der Waals surface area contributed by atoms with E-state index in [1.165, 1.54) is 56.4 Å². The zero-order valence-corrected chi connectivity index (χ0v) is 20.5. The van der Waals surface area contributed by atoms with Crippen LogP contribution in [0.4, 0.5) is 15.9 Å². The van der Waals surface area contributed by atoms with Gasteiger partial charge in [-0.25, -0.2) is 17.8 Å². The number of benzene rings is 3. The molecular weight excluding hydrogens is 485 g/mol. The van der Waals surface area contributed by atoms with Crippen molar-refractivity contribution in [1.29, 1.82) is 0 Å². The molecule has 5 nitrogen and oxygen atoms in total. The molecule has 0 radical (unpaired) electrons. The van der Waals surface area contributed by atoms with Crippen LogP contribution in [0.1, 0.15) is 32.1 Å². The topological polar surface area (TPSA) is 71.1 Å². The van der Waals surface area contributed by atoms with Crippen molar-refractivity contribution in [3.8, 4) is 11.1 Å². The summed E-state index contributed by atoms with van der Waals surface area (Å²) in [6.07, 6.45) is 7.99. The first kappa shape index (κ1) is 23.6. The predicted molar refractivity (Wildman–Crippen MR) is 140 cm³/mol. The minimum absolute atomic E-state index is 0.0684. The molecule has 5 rings (SSSR count). The van der Waals surface area contributed by atoms with Crippen LogP contribution < -0.4 is 10.0 Å². The molecule has 2 N–H and O–H groups in total. The first-order valence-electron chi connectivity index (χ1n) is 11.6. The van der Waals surface area contributed by atoms with Crippen molar-refractivity contribution in [2.24, 2.45) is 0 Å². The lowest BCUT2D eigenvalue weighted by Crippen LogP contribution is -2.22. The zero-order valence-electron chi connectivity index (χ0n) is 19.0. The number of sulfonamides is 1. The summed E-state index contributed by atoms with van der Waals surface area (Å²) in [6.45, 7) is 0. The third-order valence-corrected chi connectivity index (χ3v) is 8.22. The fraction of sp³-hybridized carbons (Fsp3) is 0.222. The maximum absolute atomic E-state index is 14.9. The molecule has 1 heterocycles. The fourth-order valence-electron chi connectivity index (χ4n) is 4.50. The van der Waals surface area contributed by atoms with E-state index in [1.807, 2.05) is 30.5 Å². The Morgan fingerprint density at radius 1 is 0.886 bits per heavy atom. The van der Waals surface area contributed by atoms with E-state index in [0.29, 0.717) is 11.6 Å². The van der Waals surface area contributed by atoms with Crippen LogP contribution in [0.3, 0.4) is 0 Å². The van der Waals surface area contributed by atoms with Crippen LogP contribution >= 0.6 is 11.6 Å². The van der Waals surface area contributed by atoms with Crippen LogP contribution in [0.15, 0.2) is 77.8 Å². The van der Waals surface area contributed by atoms with E-state index >= 15 is 0 Å². The highest BCUT2D eigenvalue weighted by Crippen LogP contribution is 2.30. The Balaban J connectivity index is 1.36. The maximum atomic E-state index is 14.9. The van der Waals surface area contributed by atoms with E-state index in [0.717, 1.165) is 22.2 Å². The van der Waals surface area contributed by atoms with Crippen LogP contribution in [-0.2, 0) is 10.0 Å². The third-order valence-electron chi connectivity index (χ3n) is 6.35. The average molecular weight is 510 g/mol. The SMILES string of the molecule is O=S(=O)(Nc1ccc(-c2ccc3cc(NC4CCCCC4)ncc3c2)cc1F)c1ccccc1Cl. The molecule has 0 amide bonds. The van der Waals surface area contributed by atoms with Crippen LogP contribution in [0.5, 0.6) is 0 Å². The van der Waals surface area contributed by atoms with Gasteiger partial charge < -0.3 is 5.32 Å². The van der Waals surface area contributed by atoms with Crippen LogP contribution in [0, 0.1) is 5.82 Å². The van der Waals surface area contributed by atoms with Gasteiger partial charge in [-0.3, -0.25) is 4.72 Å². The molecule has 0 bridgehead atoms. The third kappa shape index (κ3) is 5.26. The number of fused-ring (bicyclic) bond motifs is 1. The number of nitrogens with one attached hydrogen (secondary N) is 2. The van der Waals surface area contributed by atoms with Crippen molar-refractivity contribution in [2.45, 2.75) is 43.0 Å². The van der Waals surface area contributed by atoms with E-state index in [1.54, 1.807) is 18.2 Å². The van der Waals surface area contributed by atoms with Crippen LogP contribution in [-0.4, -0.2) is 19.4 Å². The van der Waals surface area contributed by atoms with Gasteiger partial charge in [0.15, 0.2) is 0 Å². The normalized spacial score (nSPS) is 14.7. The monoisotopic (exact) mass is 509 g/mol. The minimum Gasteiger partial charge on any atom is -0.367 e. The second kappa shape index (κ2) is 9.84. The Morgan fingerprint density at radius 3 is 2.40 bits per heavy atom. The Bertz CT molecular complexity index is 1490. The zero-order chi connectivity index (χ0) is 24.4. The van der Waals surface area contributed by atoms with E-state index in [2.05, 4.69) is 15.0 Å². The summed E-state index contributed by atoms with van der Waals surface area (Å²) in [6, 6.07) is 18.8. The maximum Gasteiger partial charge on any atom is 0.263 e. The largest absolute Gasteiger partial charge is 0.367 e. The first-order chi connectivity index (χ1) is 16.9. The lowest BCUT2D eigenvalue weighted by molar-refractivity contribution is 0.462. The highest BCUT2D eigenvalue weighted by Gasteiger charge is 2.19. The van der Waals surface area contributed by atoms with E-state index in [-0.39, 0.29) is 15.6 Å². The molecule has 0 spiro atoms. The van der Waals surface area contributed by atoms with Crippen molar-refractivity contribution in [3.05, 3.63) is 83.8 Å². The van der Waals surface area contributed by atoms with Crippen molar-refractivity contribution in [2.75, 3.05) is 10.0 Å². The first-order valence-corrected chi connectivity index (χ1v) is 13.5. The number of halogens is 2. The number of rotatable bonds is 6. The van der Waals surface area contributed by atoms with Crippen molar-refractivity contribution >= 4 is 43.9 Å².